The zero-order valence-electron chi connectivity index (χ0n) is 10.4. The average molecular weight is 210 g/mol. The number of aromatic nitrogens is 3. The van der Waals surface area contributed by atoms with E-state index in [-0.39, 0.29) is 6.04 Å². The van der Waals surface area contributed by atoms with Crippen molar-refractivity contribution in [2.24, 2.45) is 18.7 Å². The highest BCUT2D eigenvalue weighted by atomic mass is 15.3. The second-order valence-corrected chi connectivity index (χ2v) is 4.84. The topological polar surface area (TPSA) is 56.7 Å². The molecule has 0 aliphatic carbocycles. The van der Waals surface area contributed by atoms with Gasteiger partial charge in [-0.05, 0) is 12.3 Å². The van der Waals surface area contributed by atoms with E-state index in [1.807, 2.05) is 11.7 Å². The zero-order chi connectivity index (χ0) is 11.6. The lowest BCUT2D eigenvalue weighted by molar-refractivity contribution is 0.477. The Morgan fingerprint density at radius 1 is 1.27 bits per heavy atom. The molecule has 4 nitrogen and oxygen atoms in total. The monoisotopic (exact) mass is 210 g/mol. The summed E-state index contributed by atoms with van der Waals surface area (Å²) >= 11 is 0. The van der Waals surface area contributed by atoms with Gasteiger partial charge in [-0.15, -0.1) is 0 Å². The number of hydrogen-bond acceptors (Lipinski definition) is 3. The van der Waals surface area contributed by atoms with Gasteiger partial charge in [0.1, 0.15) is 5.82 Å². The molecular formula is C11H22N4. The molecule has 1 aromatic rings. The summed E-state index contributed by atoms with van der Waals surface area (Å²) in [7, 11) is 1.91. The zero-order valence-corrected chi connectivity index (χ0v) is 10.4. The van der Waals surface area contributed by atoms with Crippen molar-refractivity contribution in [3.05, 3.63) is 11.6 Å². The van der Waals surface area contributed by atoms with E-state index in [4.69, 9.17) is 5.73 Å². The molecule has 2 N–H and O–H groups in total. The van der Waals surface area contributed by atoms with Crippen LogP contribution in [0.1, 0.15) is 57.7 Å². The summed E-state index contributed by atoms with van der Waals surface area (Å²) < 4.78 is 1.81. The molecule has 15 heavy (non-hydrogen) atoms. The van der Waals surface area contributed by atoms with Gasteiger partial charge in [0.25, 0.3) is 0 Å². The molecule has 0 fully saturated rings. The van der Waals surface area contributed by atoms with Crippen LogP contribution in [0.2, 0.25) is 0 Å². The number of nitrogens with zero attached hydrogens (tertiary/aromatic N) is 3. The van der Waals surface area contributed by atoms with Crippen molar-refractivity contribution in [3.8, 4) is 0 Å². The fourth-order valence-electron chi connectivity index (χ4n) is 1.60. The molecule has 0 aliphatic rings. The van der Waals surface area contributed by atoms with E-state index in [0.717, 1.165) is 18.1 Å². The molecule has 0 amide bonds. The van der Waals surface area contributed by atoms with E-state index in [1.165, 1.54) is 0 Å². The van der Waals surface area contributed by atoms with E-state index in [9.17, 15) is 0 Å². The Balaban J connectivity index is 2.84. The molecule has 0 aliphatic heterocycles. The minimum Gasteiger partial charge on any atom is -0.321 e. The Hall–Kier alpha value is -0.900. The van der Waals surface area contributed by atoms with Crippen LogP contribution in [0.25, 0.3) is 0 Å². The quantitative estimate of drug-likeness (QED) is 0.826. The van der Waals surface area contributed by atoms with Gasteiger partial charge in [-0.25, -0.2) is 4.98 Å². The van der Waals surface area contributed by atoms with Crippen LogP contribution in [0.5, 0.6) is 0 Å². The fourth-order valence-corrected chi connectivity index (χ4v) is 1.60. The second kappa shape index (κ2) is 4.75. The molecule has 0 aromatic carbocycles. The third-order valence-corrected chi connectivity index (χ3v) is 2.39. The van der Waals surface area contributed by atoms with Gasteiger partial charge in [0.05, 0.1) is 6.04 Å². The highest BCUT2D eigenvalue weighted by molar-refractivity contribution is 5.01. The van der Waals surface area contributed by atoms with E-state index < -0.39 is 0 Å². The maximum atomic E-state index is 6.09. The maximum Gasteiger partial charge on any atom is 0.153 e. The Labute approximate surface area is 91.9 Å². The third kappa shape index (κ3) is 3.02. The standard InChI is InChI=1S/C11H22N4/c1-7(2)6-9(12)11-13-10(8(3)4)14-15(11)5/h7-9H,6,12H2,1-5H3. The summed E-state index contributed by atoms with van der Waals surface area (Å²) in [5.74, 6) is 2.72. The molecule has 1 aromatic heterocycles. The summed E-state index contributed by atoms with van der Waals surface area (Å²) in [6.45, 7) is 8.51. The molecule has 0 saturated heterocycles. The van der Waals surface area contributed by atoms with E-state index >= 15 is 0 Å². The SMILES string of the molecule is CC(C)CC(N)c1nc(C(C)C)nn1C. The van der Waals surface area contributed by atoms with Gasteiger partial charge < -0.3 is 5.73 Å². The minimum atomic E-state index is -0.00463. The van der Waals surface area contributed by atoms with Crippen LogP contribution in [0.15, 0.2) is 0 Å². The maximum absolute atomic E-state index is 6.09. The van der Waals surface area contributed by atoms with Crippen LogP contribution in [0.3, 0.4) is 0 Å². The van der Waals surface area contributed by atoms with Crippen molar-refractivity contribution >= 4 is 0 Å². The fraction of sp³-hybridized carbons (Fsp3) is 0.818. The lowest BCUT2D eigenvalue weighted by Gasteiger charge is -2.12. The first-order chi connectivity index (χ1) is 6.91. The normalized spacial score (nSPS) is 13.9. The summed E-state index contributed by atoms with van der Waals surface area (Å²) in [5, 5.41) is 4.36. The van der Waals surface area contributed by atoms with Crippen molar-refractivity contribution in [3.63, 3.8) is 0 Å². The first kappa shape index (κ1) is 12.2. The predicted molar refractivity (Wildman–Crippen MR) is 61.5 cm³/mol. The molecule has 1 rings (SSSR count). The Kier molecular flexibility index (Phi) is 3.85. The first-order valence-corrected chi connectivity index (χ1v) is 5.58. The Bertz CT molecular complexity index is 314. The molecule has 1 unspecified atom stereocenters. The van der Waals surface area contributed by atoms with Crippen molar-refractivity contribution < 1.29 is 0 Å². The van der Waals surface area contributed by atoms with E-state index in [2.05, 4.69) is 37.8 Å². The Morgan fingerprint density at radius 3 is 2.27 bits per heavy atom. The summed E-state index contributed by atoms with van der Waals surface area (Å²) in [5.41, 5.74) is 6.09. The highest BCUT2D eigenvalue weighted by Crippen LogP contribution is 2.18. The van der Waals surface area contributed by atoms with Gasteiger partial charge in [0.15, 0.2) is 5.82 Å². The Morgan fingerprint density at radius 2 is 1.87 bits per heavy atom. The van der Waals surface area contributed by atoms with E-state index in [1.54, 1.807) is 0 Å². The molecule has 1 atom stereocenters. The minimum absolute atomic E-state index is 0.00463. The van der Waals surface area contributed by atoms with Crippen LogP contribution in [-0.4, -0.2) is 14.8 Å². The number of aryl methyl sites for hydroxylation is 1. The van der Waals surface area contributed by atoms with Gasteiger partial charge in [-0.3, -0.25) is 4.68 Å². The van der Waals surface area contributed by atoms with Crippen molar-refractivity contribution in [1.82, 2.24) is 14.8 Å². The highest BCUT2D eigenvalue weighted by Gasteiger charge is 2.17. The van der Waals surface area contributed by atoms with Crippen molar-refractivity contribution in [2.75, 3.05) is 0 Å². The van der Waals surface area contributed by atoms with Crippen molar-refractivity contribution in [1.29, 1.82) is 0 Å². The molecule has 0 bridgehead atoms. The lowest BCUT2D eigenvalue weighted by atomic mass is 10.0. The summed E-state index contributed by atoms with van der Waals surface area (Å²) in [6.07, 6.45) is 0.948. The van der Waals surface area contributed by atoms with Crippen molar-refractivity contribution in [2.45, 2.75) is 46.1 Å². The van der Waals surface area contributed by atoms with Gasteiger partial charge in [0, 0.05) is 13.0 Å². The molecule has 0 saturated carbocycles. The van der Waals surface area contributed by atoms with Crippen LogP contribution < -0.4 is 5.73 Å². The van der Waals surface area contributed by atoms with Gasteiger partial charge >= 0.3 is 0 Å². The number of hydrogen-bond donors (Lipinski definition) is 1. The molecule has 1 heterocycles. The van der Waals surface area contributed by atoms with Crippen LogP contribution >= 0.6 is 0 Å². The summed E-state index contributed by atoms with van der Waals surface area (Å²) in [4.78, 5) is 4.49. The first-order valence-electron chi connectivity index (χ1n) is 5.58. The van der Waals surface area contributed by atoms with Crippen LogP contribution in [0, 0.1) is 5.92 Å². The van der Waals surface area contributed by atoms with Gasteiger partial charge in [-0.1, -0.05) is 27.7 Å². The van der Waals surface area contributed by atoms with Gasteiger partial charge in [0.2, 0.25) is 0 Å². The number of rotatable bonds is 4. The predicted octanol–water partition coefficient (Wildman–Crippen LogP) is 1.98. The molecular weight excluding hydrogens is 188 g/mol. The van der Waals surface area contributed by atoms with Crippen LogP contribution in [-0.2, 0) is 7.05 Å². The number of nitrogens with two attached hydrogens (primary N) is 1. The van der Waals surface area contributed by atoms with Gasteiger partial charge in [-0.2, -0.15) is 5.10 Å². The van der Waals surface area contributed by atoms with Crippen LogP contribution in [0.4, 0.5) is 0 Å². The average Bonchev–Trinajstić information content (AvgIpc) is 2.46. The summed E-state index contributed by atoms with van der Waals surface area (Å²) in [6, 6.07) is -0.00463. The largest absolute Gasteiger partial charge is 0.321 e. The molecule has 86 valence electrons. The third-order valence-electron chi connectivity index (χ3n) is 2.39. The van der Waals surface area contributed by atoms with E-state index in [0.29, 0.717) is 11.8 Å². The molecule has 0 radical (unpaired) electrons. The molecule has 0 spiro atoms. The second-order valence-electron chi connectivity index (χ2n) is 4.84. The lowest BCUT2D eigenvalue weighted by Crippen LogP contribution is -2.17. The molecule has 4 heteroatoms. The smallest absolute Gasteiger partial charge is 0.153 e.